The molecular weight excluding hydrogens is 208 g/mol. The van der Waals surface area contributed by atoms with E-state index < -0.39 is 0 Å². The fourth-order valence-electron chi connectivity index (χ4n) is 1.53. The zero-order chi connectivity index (χ0) is 10.7. The van der Waals surface area contributed by atoms with Gasteiger partial charge < -0.3 is 5.32 Å². The van der Waals surface area contributed by atoms with Crippen molar-refractivity contribution in [2.24, 2.45) is 0 Å². The van der Waals surface area contributed by atoms with Crippen LogP contribution in [0.3, 0.4) is 0 Å². The van der Waals surface area contributed by atoms with Crippen molar-refractivity contribution in [3.05, 3.63) is 36.5 Å². The van der Waals surface area contributed by atoms with Gasteiger partial charge in [0.1, 0.15) is 0 Å². The minimum Gasteiger partial charge on any atom is -0.381 e. The number of fused-ring (bicyclic) bond motifs is 1. The van der Waals surface area contributed by atoms with Crippen LogP contribution in [0.1, 0.15) is 6.92 Å². The maximum Gasteiger partial charge on any atom is 0.0722 e. The number of aromatic nitrogens is 1. The Labute approximate surface area is 94.3 Å². The van der Waals surface area contributed by atoms with Gasteiger partial charge in [-0.15, -0.1) is 11.6 Å². The number of hydrogen-bond acceptors (Lipinski definition) is 2. The third-order valence-corrected chi connectivity index (χ3v) is 2.75. The van der Waals surface area contributed by atoms with Crippen molar-refractivity contribution in [1.29, 1.82) is 0 Å². The monoisotopic (exact) mass is 220 g/mol. The van der Waals surface area contributed by atoms with Gasteiger partial charge in [0.2, 0.25) is 0 Å². The summed E-state index contributed by atoms with van der Waals surface area (Å²) in [7, 11) is 0. The number of pyridine rings is 1. The van der Waals surface area contributed by atoms with Crippen molar-refractivity contribution in [2.75, 3.05) is 11.2 Å². The van der Waals surface area contributed by atoms with Gasteiger partial charge in [-0.3, -0.25) is 4.98 Å². The predicted molar refractivity (Wildman–Crippen MR) is 65.5 cm³/mol. The van der Waals surface area contributed by atoms with E-state index in [-0.39, 0.29) is 6.04 Å². The van der Waals surface area contributed by atoms with Crippen molar-refractivity contribution in [2.45, 2.75) is 13.0 Å². The lowest BCUT2D eigenvalue weighted by Gasteiger charge is -2.13. The number of halogens is 1. The van der Waals surface area contributed by atoms with Crippen LogP contribution >= 0.6 is 11.6 Å². The highest BCUT2D eigenvalue weighted by molar-refractivity contribution is 6.18. The van der Waals surface area contributed by atoms with Crippen LogP contribution < -0.4 is 5.32 Å². The Balaban J connectivity index is 2.42. The van der Waals surface area contributed by atoms with Gasteiger partial charge in [0.25, 0.3) is 0 Å². The first-order valence-corrected chi connectivity index (χ1v) is 5.51. The molecule has 0 aliphatic rings. The Morgan fingerprint density at radius 1 is 1.33 bits per heavy atom. The fraction of sp³-hybridized carbons (Fsp3) is 0.250. The Morgan fingerprint density at radius 2 is 2.13 bits per heavy atom. The van der Waals surface area contributed by atoms with E-state index in [0.29, 0.717) is 5.88 Å². The molecule has 2 nitrogen and oxygen atoms in total. The highest BCUT2D eigenvalue weighted by Crippen LogP contribution is 2.21. The van der Waals surface area contributed by atoms with E-state index in [2.05, 4.69) is 23.3 Å². The van der Waals surface area contributed by atoms with Gasteiger partial charge in [-0.05, 0) is 19.1 Å². The summed E-state index contributed by atoms with van der Waals surface area (Å²) in [5, 5.41) is 4.50. The fourth-order valence-corrected chi connectivity index (χ4v) is 1.60. The lowest BCUT2D eigenvalue weighted by atomic mass is 10.2. The molecule has 0 saturated heterocycles. The van der Waals surface area contributed by atoms with Crippen LogP contribution in [0.15, 0.2) is 36.5 Å². The van der Waals surface area contributed by atoms with E-state index in [9.17, 15) is 0 Å². The van der Waals surface area contributed by atoms with E-state index in [4.69, 9.17) is 11.6 Å². The van der Waals surface area contributed by atoms with Crippen molar-refractivity contribution in [3.8, 4) is 0 Å². The summed E-state index contributed by atoms with van der Waals surface area (Å²) in [6.45, 7) is 2.06. The lowest BCUT2D eigenvalue weighted by molar-refractivity contribution is 0.909. The average molecular weight is 221 g/mol. The van der Waals surface area contributed by atoms with Crippen molar-refractivity contribution < 1.29 is 0 Å². The molecule has 2 aromatic rings. The van der Waals surface area contributed by atoms with Crippen LogP contribution in [-0.2, 0) is 0 Å². The third kappa shape index (κ3) is 2.21. The predicted octanol–water partition coefficient (Wildman–Crippen LogP) is 3.27. The Hall–Kier alpha value is -1.28. The summed E-state index contributed by atoms with van der Waals surface area (Å²) in [6, 6.07) is 10.3. The largest absolute Gasteiger partial charge is 0.381 e. The molecular formula is C12H13ClN2. The summed E-state index contributed by atoms with van der Waals surface area (Å²) in [4.78, 5) is 4.30. The van der Waals surface area contributed by atoms with Crippen molar-refractivity contribution in [1.82, 2.24) is 4.98 Å². The quantitative estimate of drug-likeness (QED) is 0.804. The average Bonchev–Trinajstić information content (AvgIpc) is 2.29. The molecule has 1 N–H and O–H groups in total. The molecule has 0 bridgehead atoms. The molecule has 3 heteroatoms. The van der Waals surface area contributed by atoms with Gasteiger partial charge in [-0.25, -0.2) is 0 Å². The molecule has 0 radical (unpaired) electrons. The van der Waals surface area contributed by atoms with Crippen LogP contribution in [0.2, 0.25) is 0 Å². The molecule has 0 amide bonds. The Bertz CT molecular complexity index is 451. The van der Waals surface area contributed by atoms with Crippen molar-refractivity contribution >= 4 is 28.2 Å². The zero-order valence-corrected chi connectivity index (χ0v) is 9.33. The van der Waals surface area contributed by atoms with Gasteiger partial charge >= 0.3 is 0 Å². The number of nitrogens with zero attached hydrogens (tertiary/aromatic N) is 1. The lowest BCUT2D eigenvalue weighted by Crippen LogP contribution is -2.16. The van der Waals surface area contributed by atoms with Gasteiger partial charge in [-0.2, -0.15) is 0 Å². The number of benzene rings is 1. The van der Waals surface area contributed by atoms with E-state index in [1.54, 1.807) is 0 Å². The molecule has 1 heterocycles. The number of anilines is 1. The first-order chi connectivity index (χ1) is 7.31. The molecule has 78 valence electrons. The highest BCUT2D eigenvalue weighted by atomic mass is 35.5. The smallest absolute Gasteiger partial charge is 0.0722 e. The number of alkyl halides is 1. The first kappa shape index (κ1) is 10.2. The van der Waals surface area contributed by atoms with E-state index >= 15 is 0 Å². The number of para-hydroxylation sites is 1. The highest BCUT2D eigenvalue weighted by Gasteiger charge is 2.03. The summed E-state index contributed by atoms with van der Waals surface area (Å²) >= 11 is 5.77. The minimum absolute atomic E-state index is 0.262. The molecule has 0 aliphatic carbocycles. The minimum atomic E-state index is 0.262. The number of hydrogen-bond donors (Lipinski definition) is 1. The molecule has 0 spiro atoms. The maximum atomic E-state index is 5.77. The molecule has 15 heavy (non-hydrogen) atoms. The van der Waals surface area contributed by atoms with Gasteiger partial charge in [-0.1, -0.05) is 18.2 Å². The summed E-state index contributed by atoms with van der Waals surface area (Å²) in [5.41, 5.74) is 2.10. The molecule has 1 atom stereocenters. The van der Waals surface area contributed by atoms with Gasteiger partial charge in [0, 0.05) is 29.2 Å². The summed E-state index contributed by atoms with van der Waals surface area (Å²) in [6.07, 6.45) is 1.81. The van der Waals surface area contributed by atoms with Crippen LogP contribution in [0.4, 0.5) is 5.69 Å². The Kier molecular flexibility index (Phi) is 3.07. The second-order valence-corrected chi connectivity index (χ2v) is 3.88. The molecule has 0 fully saturated rings. The molecule has 0 saturated carbocycles. The van der Waals surface area contributed by atoms with Gasteiger partial charge in [0.15, 0.2) is 0 Å². The van der Waals surface area contributed by atoms with Crippen molar-refractivity contribution in [3.63, 3.8) is 0 Å². The maximum absolute atomic E-state index is 5.77. The number of nitrogens with one attached hydrogen (secondary N) is 1. The number of rotatable bonds is 3. The molecule has 1 aromatic heterocycles. The normalized spacial score (nSPS) is 12.7. The van der Waals surface area contributed by atoms with Crippen LogP contribution in [0.25, 0.3) is 10.9 Å². The summed E-state index contributed by atoms with van der Waals surface area (Å²) < 4.78 is 0. The first-order valence-electron chi connectivity index (χ1n) is 4.97. The SMILES string of the molecule is CC(CCl)Nc1ccnc2ccccc12. The second kappa shape index (κ2) is 4.49. The molecule has 2 rings (SSSR count). The summed E-state index contributed by atoms with van der Waals surface area (Å²) in [5.74, 6) is 0.594. The topological polar surface area (TPSA) is 24.9 Å². The second-order valence-electron chi connectivity index (χ2n) is 3.58. The van der Waals surface area contributed by atoms with Crippen LogP contribution in [0.5, 0.6) is 0 Å². The zero-order valence-electron chi connectivity index (χ0n) is 8.57. The molecule has 1 aromatic carbocycles. The van der Waals surface area contributed by atoms with E-state index in [1.807, 2.05) is 30.5 Å². The van der Waals surface area contributed by atoms with E-state index in [0.717, 1.165) is 16.6 Å². The standard InChI is InChI=1S/C12H13ClN2/c1-9(8-13)15-12-6-7-14-11-5-3-2-4-10(11)12/h2-7,9H,8H2,1H3,(H,14,15). The van der Waals surface area contributed by atoms with Crippen LogP contribution in [-0.4, -0.2) is 16.9 Å². The van der Waals surface area contributed by atoms with E-state index in [1.165, 1.54) is 0 Å². The molecule has 0 aliphatic heterocycles. The third-order valence-electron chi connectivity index (χ3n) is 2.28. The van der Waals surface area contributed by atoms with Gasteiger partial charge in [0.05, 0.1) is 5.52 Å². The Morgan fingerprint density at radius 3 is 2.93 bits per heavy atom. The van der Waals surface area contributed by atoms with Crippen LogP contribution in [0, 0.1) is 0 Å². The molecule has 1 unspecified atom stereocenters.